The van der Waals surface area contributed by atoms with E-state index in [2.05, 4.69) is 6.92 Å². The Morgan fingerprint density at radius 1 is 0.889 bits per heavy atom. The summed E-state index contributed by atoms with van der Waals surface area (Å²) < 4.78 is 0. The topological polar surface area (TPSA) is 74.6 Å². The standard InChI is InChI=1S/C13H23ClO4/c1-2-3-4-5-6-7-8-9-10-13(14,11(15)16)12(17)18/h2-10H2,1H3,(H,15,16)(H,17,18). The van der Waals surface area contributed by atoms with Gasteiger partial charge in [-0.05, 0) is 6.42 Å². The van der Waals surface area contributed by atoms with Crippen molar-refractivity contribution in [1.29, 1.82) is 0 Å². The van der Waals surface area contributed by atoms with Gasteiger partial charge in [0.15, 0.2) is 0 Å². The molecule has 0 aliphatic rings. The average molecular weight is 279 g/mol. The zero-order valence-electron chi connectivity index (χ0n) is 11.0. The van der Waals surface area contributed by atoms with Crippen LogP contribution in [0.3, 0.4) is 0 Å². The number of carboxylic acids is 2. The van der Waals surface area contributed by atoms with Crippen LogP contribution in [0.1, 0.15) is 64.7 Å². The molecular weight excluding hydrogens is 256 g/mol. The van der Waals surface area contributed by atoms with Gasteiger partial charge in [0.1, 0.15) is 0 Å². The second kappa shape index (κ2) is 9.20. The fraction of sp³-hybridized carbons (Fsp3) is 0.846. The van der Waals surface area contributed by atoms with E-state index in [1.165, 1.54) is 25.7 Å². The van der Waals surface area contributed by atoms with E-state index in [0.717, 1.165) is 19.3 Å². The molecule has 5 heteroatoms. The van der Waals surface area contributed by atoms with Gasteiger partial charge in [0, 0.05) is 0 Å². The van der Waals surface area contributed by atoms with Crippen LogP contribution in [0.2, 0.25) is 0 Å². The molecule has 0 aromatic rings. The summed E-state index contributed by atoms with van der Waals surface area (Å²) >= 11 is 5.59. The molecule has 0 fully saturated rings. The Bertz CT molecular complexity index is 252. The van der Waals surface area contributed by atoms with E-state index in [1.807, 2.05) is 0 Å². The maximum absolute atomic E-state index is 10.8. The van der Waals surface area contributed by atoms with Crippen LogP contribution >= 0.6 is 11.6 Å². The number of carboxylic acid groups (broad SMARTS) is 2. The fourth-order valence-electron chi connectivity index (χ4n) is 1.81. The molecule has 0 saturated carbocycles. The summed E-state index contributed by atoms with van der Waals surface area (Å²) in [6, 6.07) is 0. The molecule has 0 radical (unpaired) electrons. The Balaban J connectivity index is 3.70. The largest absolute Gasteiger partial charge is 0.479 e. The van der Waals surface area contributed by atoms with Gasteiger partial charge in [0.05, 0.1) is 0 Å². The molecule has 18 heavy (non-hydrogen) atoms. The molecule has 106 valence electrons. The monoisotopic (exact) mass is 278 g/mol. The molecule has 0 aromatic carbocycles. The van der Waals surface area contributed by atoms with Crippen LogP contribution in [0.4, 0.5) is 0 Å². The average Bonchev–Trinajstić information content (AvgIpc) is 2.31. The number of unbranched alkanes of at least 4 members (excludes halogenated alkanes) is 7. The minimum Gasteiger partial charge on any atom is -0.479 e. The molecule has 0 spiro atoms. The lowest BCUT2D eigenvalue weighted by atomic mass is 9.99. The zero-order valence-corrected chi connectivity index (χ0v) is 11.7. The SMILES string of the molecule is CCCCCCCCCCC(Cl)(C(=O)O)C(=O)O. The first-order chi connectivity index (χ1) is 8.45. The van der Waals surface area contributed by atoms with E-state index in [9.17, 15) is 9.59 Å². The highest BCUT2D eigenvalue weighted by Crippen LogP contribution is 2.24. The molecule has 0 aromatic heterocycles. The van der Waals surface area contributed by atoms with E-state index in [-0.39, 0.29) is 6.42 Å². The van der Waals surface area contributed by atoms with Crippen LogP contribution < -0.4 is 0 Å². The third-order valence-corrected chi connectivity index (χ3v) is 3.57. The fourth-order valence-corrected chi connectivity index (χ4v) is 1.94. The summed E-state index contributed by atoms with van der Waals surface area (Å²) in [5, 5.41) is 17.6. The molecule has 0 heterocycles. The highest BCUT2D eigenvalue weighted by atomic mass is 35.5. The van der Waals surface area contributed by atoms with E-state index < -0.39 is 16.8 Å². The summed E-state index contributed by atoms with van der Waals surface area (Å²) in [6.45, 7) is 2.16. The first-order valence-corrected chi connectivity index (χ1v) is 6.98. The van der Waals surface area contributed by atoms with Gasteiger partial charge in [-0.1, -0.05) is 69.9 Å². The van der Waals surface area contributed by atoms with E-state index in [4.69, 9.17) is 21.8 Å². The summed E-state index contributed by atoms with van der Waals surface area (Å²) in [5.41, 5.74) is 0. The van der Waals surface area contributed by atoms with E-state index in [0.29, 0.717) is 6.42 Å². The van der Waals surface area contributed by atoms with Crippen LogP contribution in [0.15, 0.2) is 0 Å². The predicted octanol–water partition coefficient (Wildman–Crippen LogP) is 3.66. The molecule has 4 nitrogen and oxygen atoms in total. The highest BCUT2D eigenvalue weighted by Gasteiger charge is 2.43. The van der Waals surface area contributed by atoms with Crippen molar-refractivity contribution in [2.24, 2.45) is 0 Å². The number of halogens is 1. The number of carbonyl (C=O) groups is 2. The molecule has 0 bridgehead atoms. The summed E-state index contributed by atoms with van der Waals surface area (Å²) in [5.74, 6) is -2.95. The number of rotatable bonds is 11. The maximum Gasteiger partial charge on any atom is 0.336 e. The van der Waals surface area contributed by atoms with Gasteiger partial charge in [-0.3, -0.25) is 0 Å². The van der Waals surface area contributed by atoms with Gasteiger partial charge in [-0.15, -0.1) is 0 Å². The zero-order chi connectivity index (χ0) is 14.0. The van der Waals surface area contributed by atoms with E-state index >= 15 is 0 Å². The Labute approximate surface area is 113 Å². The first kappa shape index (κ1) is 17.2. The lowest BCUT2D eigenvalue weighted by Crippen LogP contribution is -2.41. The van der Waals surface area contributed by atoms with Gasteiger partial charge in [0.25, 0.3) is 0 Å². The predicted molar refractivity (Wildman–Crippen MR) is 71.1 cm³/mol. The van der Waals surface area contributed by atoms with Crippen LogP contribution in [0.5, 0.6) is 0 Å². The van der Waals surface area contributed by atoms with Crippen LogP contribution in [-0.4, -0.2) is 27.0 Å². The molecule has 0 aliphatic carbocycles. The number of aliphatic carboxylic acids is 2. The number of alkyl halides is 1. The quantitative estimate of drug-likeness (QED) is 0.343. The van der Waals surface area contributed by atoms with Crippen molar-refractivity contribution in [3.8, 4) is 0 Å². The Hall–Kier alpha value is -0.770. The van der Waals surface area contributed by atoms with Crippen molar-refractivity contribution < 1.29 is 19.8 Å². The Morgan fingerprint density at radius 3 is 1.67 bits per heavy atom. The molecular formula is C13H23ClO4. The van der Waals surface area contributed by atoms with Crippen molar-refractivity contribution in [2.45, 2.75) is 69.6 Å². The van der Waals surface area contributed by atoms with Crippen molar-refractivity contribution in [3.05, 3.63) is 0 Å². The summed E-state index contributed by atoms with van der Waals surface area (Å²) in [6.07, 6.45) is 8.38. The van der Waals surface area contributed by atoms with Gasteiger partial charge >= 0.3 is 11.9 Å². The third kappa shape index (κ3) is 6.24. The second-order valence-corrected chi connectivity index (χ2v) is 5.28. The van der Waals surface area contributed by atoms with Crippen molar-refractivity contribution in [3.63, 3.8) is 0 Å². The second-order valence-electron chi connectivity index (χ2n) is 4.64. The number of hydrogen-bond acceptors (Lipinski definition) is 2. The Kier molecular flexibility index (Phi) is 8.81. The molecule has 0 saturated heterocycles. The minimum absolute atomic E-state index is 0.0197. The molecule has 0 unspecified atom stereocenters. The molecule has 0 aliphatic heterocycles. The third-order valence-electron chi connectivity index (χ3n) is 3.05. The smallest absolute Gasteiger partial charge is 0.336 e. The van der Waals surface area contributed by atoms with Gasteiger partial charge in [-0.25, -0.2) is 9.59 Å². The minimum atomic E-state index is -2.15. The molecule has 2 N–H and O–H groups in total. The van der Waals surface area contributed by atoms with Crippen molar-refractivity contribution in [2.75, 3.05) is 0 Å². The number of hydrogen-bond donors (Lipinski definition) is 2. The maximum atomic E-state index is 10.8. The van der Waals surface area contributed by atoms with Gasteiger partial charge in [-0.2, -0.15) is 0 Å². The Morgan fingerprint density at radius 2 is 1.28 bits per heavy atom. The van der Waals surface area contributed by atoms with Crippen LogP contribution in [0.25, 0.3) is 0 Å². The van der Waals surface area contributed by atoms with E-state index in [1.54, 1.807) is 0 Å². The van der Waals surface area contributed by atoms with Gasteiger partial charge in [0.2, 0.25) is 4.87 Å². The molecule has 0 amide bonds. The lowest BCUT2D eigenvalue weighted by Gasteiger charge is -2.16. The lowest BCUT2D eigenvalue weighted by molar-refractivity contribution is -0.152. The van der Waals surface area contributed by atoms with Crippen LogP contribution in [0, 0.1) is 0 Å². The first-order valence-electron chi connectivity index (χ1n) is 6.61. The normalized spacial score (nSPS) is 11.4. The highest BCUT2D eigenvalue weighted by molar-refractivity contribution is 6.44. The van der Waals surface area contributed by atoms with Crippen molar-refractivity contribution >= 4 is 23.5 Å². The molecule has 0 atom stereocenters. The van der Waals surface area contributed by atoms with Gasteiger partial charge < -0.3 is 10.2 Å². The molecule has 0 rings (SSSR count). The summed E-state index contributed by atoms with van der Waals surface area (Å²) in [7, 11) is 0. The van der Waals surface area contributed by atoms with Crippen molar-refractivity contribution in [1.82, 2.24) is 0 Å². The van der Waals surface area contributed by atoms with Crippen LogP contribution in [-0.2, 0) is 9.59 Å². The summed E-state index contributed by atoms with van der Waals surface area (Å²) in [4.78, 5) is 19.4.